The first-order valence-electron chi connectivity index (χ1n) is 11.1. The molecule has 1 unspecified atom stereocenters. The maximum atomic E-state index is 13.8. The van der Waals surface area contributed by atoms with E-state index in [1.54, 1.807) is 42.5 Å². The zero-order chi connectivity index (χ0) is 25.7. The average Bonchev–Trinajstić information content (AvgIpc) is 3.39. The largest absolute Gasteiger partial charge is 0.506 e. The zero-order valence-electron chi connectivity index (χ0n) is 19.7. The Balaban J connectivity index is 1.69. The third-order valence-corrected chi connectivity index (χ3v) is 6.48. The molecule has 2 N–H and O–H groups in total. The number of aromatic hydroxyl groups is 1. The van der Waals surface area contributed by atoms with E-state index in [0.29, 0.717) is 28.0 Å². The van der Waals surface area contributed by atoms with Crippen LogP contribution in [0.2, 0.25) is 5.02 Å². The predicted molar refractivity (Wildman–Crippen MR) is 136 cm³/mol. The third kappa shape index (κ3) is 3.78. The molecule has 1 aliphatic rings. The standard InChI is InChI=1S/C28H22ClNO6/c1-14-9-15(2)11-18(10-14)30-24(16-7-8-20(31)19(29)12-16)23(26(33)28(30)34)25(32)22-13-17-5-4-6-21(35-3)27(17)36-22/h4-13,24,31,33H,1-3H3. The van der Waals surface area contributed by atoms with Gasteiger partial charge >= 0.3 is 0 Å². The van der Waals surface area contributed by atoms with Crippen LogP contribution in [0.4, 0.5) is 5.69 Å². The maximum Gasteiger partial charge on any atom is 0.294 e. The Morgan fingerprint density at radius 2 is 1.75 bits per heavy atom. The Bertz CT molecular complexity index is 1560. The number of ketones is 1. The minimum atomic E-state index is -1.01. The van der Waals surface area contributed by atoms with E-state index in [2.05, 4.69) is 0 Å². The Hall–Kier alpha value is -4.23. The number of amides is 1. The number of aryl methyl sites for hydroxylation is 2. The molecule has 0 spiro atoms. The summed E-state index contributed by atoms with van der Waals surface area (Å²) in [5, 5.41) is 21.7. The predicted octanol–water partition coefficient (Wildman–Crippen LogP) is 6.20. The zero-order valence-corrected chi connectivity index (χ0v) is 20.5. The number of benzene rings is 3. The van der Waals surface area contributed by atoms with Crippen molar-refractivity contribution in [2.24, 2.45) is 0 Å². The summed E-state index contributed by atoms with van der Waals surface area (Å²) in [6.07, 6.45) is 0. The maximum absolute atomic E-state index is 13.8. The molecule has 4 aromatic rings. The van der Waals surface area contributed by atoms with Gasteiger partial charge < -0.3 is 19.4 Å². The summed E-state index contributed by atoms with van der Waals surface area (Å²) in [5.41, 5.74) is 2.98. The number of halogens is 1. The summed E-state index contributed by atoms with van der Waals surface area (Å²) in [6.45, 7) is 3.79. The second kappa shape index (κ2) is 8.77. The number of carbonyl (C=O) groups excluding carboxylic acids is 2. The number of para-hydroxylation sites is 1. The minimum absolute atomic E-state index is 0.0481. The second-order valence-electron chi connectivity index (χ2n) is 8.72. The highest BCUT2D eigenvalue weighted by Crippen LogP contribution is 2.44. The first-order valence-corrected chi connectivity index (χ1v) is 11.5. The van der Waals surface area contributed by atoms with Crippen molar-refractivity contribution in [2.45, 2.75) is 19.9 Å². The first-order chi connectivity index (χ1) is 17.2. The van der Waals surface area contributed by atoms with Crippen LogP contribution in [0.25, 0.3) is 11.0 Å². The van der Waals surface area contributed by atoms with Crippen LogP contribution >= 0.6 is 11.6 Å². The fraction of sp³-hybridized carbons (Fsp3) is 0.143. The first kappa shape index (κ1) is 23.5. The number of aliphatic hydroxyl groups excluding tert-OH is 1. The lowest BCUT2D eigenvalue weighted by atomic mass is 9.94. The van der Waals surface area contributed by atoms with E-state index in [4.69, 9.17) is 20.8 Å². The van der Waals surface area contributed by atoms with Gasteiger partial charge in [-0.25, -0.2) is 0 Å². The number of furan rings is 1. The number of methoxy groups -OCH3 is 1. The van der Waals surface area contributed by atoms with E-state index in [0.717, 1.165) is 11.1 Å². The molecule has 0 bridgehead atoms. The Morgan fingerprint density at radius 1 is 1.03 bits per heavy atom. The molecule has 0 saturated heterocycles. The number of hydrogen-bond donors (Lipinski definition) is 2. The molecule has 1 aliphatic heterocycles. The van der Waals surface area contributed by atoms with Crippen LogP contribution < -0.4 is 9.64 Å². The molecular formula is C28H22ClNO6. The summed E-state index contributed by atoms with van der Waals surface area (Å²) in [6, 6.07) is 15.7. The number of anilines is 1. The summed E-state index contributed by atoms with van der Waals surface area (Å²) < 4.78 is 11.2. The van der Waals surface area contributed by atoms with Crippen molar-refractivity contribution in [2.75, 3.05) is 12.0 Å². The number of Topliss-reactive ketones (excluding diaryl/α,β-unsaturated/α-hetero) is 1. The molecular weight excluding hydrogens is 482 g/mol. The summed E-state index contributed by atoms with van der Waals surface area (Å²) in [5.74, 6) is -1.81. The van der Waals surface area contributed by atoms with Crippen molar-refractivity contribution in [1.29, 1.82) is 0 Å². The minimum Gasteiger partial charge on any atom is -0.506 e. The van der Waals surface area contributed by atoms with Gasteiger partial charge in [0, 0.05) is 11.1 Å². The summed E-state index contributed by atoms with van der Waals surface area (Å²) >= 11 is 6.19. The van der Waals surface area contributed by atoms with Gasteiger partial charge in [-0.1, -0.05) is 35.9 Å². The van der Waals surface area contributed by atoms with Crippen LogP contribution in [0, 0.1) is 13.8 Å². The van der Waals surface area contributed by atoms with Crippen molar-refractivity contribution in [3.8, 4) is 11.5 Å². The monoisotopic (exact) mass is 503 g/mol. The van der Waals surface area contributed by atoms with Crippen molar-refractivity contribution < 1.29 is 29.0 Å². The van der Waals surface area contributed by atoms with Gasteiger partial charge in [-0.15, -0.1) is 0 Å². The van der Waals surface area contributed by atoms with Crippen LogP contribution in [-0.4, -0.2) is 29.0 Å². The van der Waals surface area contributed by atoms with Crippen molar-refractivity contribution in [1.82, 2.24) is 0 Å². The number of phenols is 1. The van der Waals surface area contributed by atoms with Crippen LogP contribution in [-0.2, 0) is 4.79 Å². The van der Waals surface area contributed by atoms with Crippen molar-refractivity contribution in [3.05, 3.63) is 99.5 Å². The molecule has 0 aliphatic carbocycles. The lowest BCUT2D eigenvalue weighted by molar-refractivity contribution is -0.117. The number of nitrogens with zero attached hydrogens (tertiary/aromatic N) is 1. The molecule has 1 amide bonds. The van der Waals surface area contributed by atoms with E-state index in [1.165, 1.54) is 24.1 Å². The van der Waals surface area contributed by atoms with E-state index >= 15 is 0 Å². The molecule has 8 heteroatoms. The number of ether oxygens (including phenoxy) is 1. The van der Waals surface area contributed by atoms with Crippen molar-refractivity contribution in [3.63, 3.8) is 0 Å². The van der Waals surface area contributed by atoms with Crippen LogP contribution in [0.15, 0.2) is 76.4 Å². The molecule has 0 fully saturated rings. The fourth-order valence-corrected chi connectivity index (χ4v) is 4.83. The molecule has 7 nitrogen and oxygen atoms in total. The Morgan fingerprint density at radius 3 is 2.42 bits per heavy atom. The second-order valence-corrected chi connectivity index (χ2v) is 9.12. The van der Waals surface area contributed by atoms with Gasteiger partial charge in [0.2, 0.25) is 5.78 Å². The van der Waals surface area contributed by atoms with Gasteiger partial charge in [-0.05, 0) is 66.9 Å². The molecule has 5 rings (SSSR count). The summed E-state index contributed by atoms with van der Waals surface area (Å²) in [4.78, 5) is 28.6. The number of phenolic OH excluding ortho intramolecular Hbond substituents is 1. The molecule has 1 atom stereocenters. The van der Waals surface area contributed by atoms with Crippen LogP contribution in [0.3, 0.4) is 0 Å². The number of carbonyl (C=O) groups is 2. The average molecular weight is 504 g/mol. The number of hydrogen-bond acceptors (Lipinski definition) is 6. The molecule has 0 saturated carbocycles. The van der Waals surface area contributed by atoms with Gasteiger partial charge in [0.05, 0.1) is 23.7 Å². The van der Waals surface area contributed by atoms with Gasteiger partial charge in [0.15, 0.2) is 22.9 Å². The highest BCUT2D eigenvalue weighted by molar-refractivity contribution is 6.32. The van der Waals surface area contributed by atoms with Gasteiger partial charge in [-0.2, -0.15) is 0 Å². The lowest BCUT2D eigenvalue weighted by Crippen LogP contribution is -2.31. The lowest BCUT2D eigenvalue weighted by Gasteiger charge is -2.27. The molecule has 2 heterocycles. The Labute approximate surface area is 211 Å². The molecule has 3 aromatic carbocycles. The molecule has 182 valence electrons. The van der Waals surface area contributed by atoms with E-state index in [9.17, 15) is 19.8 Å². The van der Waals surface area contributed by atoms with Gasteiger partial charge in [-0.3, -0.25) is 14.5 Å². The Kier molecular flexibility index (Phi) is 5.73. The molecule has 36 heavy (non-hydrogen) atoms. The number of aliphatic hydroxyl groups is 1. The van der Waals surface area contributed by atoms with Gasteiger partial charge in [0.25, 0.3) is 5.91 Å². The highest BCUT2D eigenvalue weighted by atomic mass is 35.5. The summed E-state index contributed by atoms with van der Waals surface area (Å²) in [7, 11) is 1.50. The molecule has 0 radical (unpaired) electrons. The fourth-order valence-electron chi connectivity index (χ4n) is 4.64. The van der Waals surface area contributed by atoms with Crippen molar-refractivity contribution >= 4 is 39.9 Å². The van der Waals surface area contributed by atoms with E-state index < -0.39 is 23.5 Å². The third-order valence-electron chi connectivity index (χ3n) is 6.18. The topological polar surface area (TPSA) is 100 Å². The number of fused-ring (bicyclic) bond motifs is 1. The van der Waals surface area contributed by atoms with Crippen LogP contribution in [0.1, 0.15) is 33.3 Å². The van der Waals surface area contributed by atoms with E-state index in [-0.39, 0.29) is 22.1 Å². The SMILES string of the molecule is COc1cccc2cc(C(=O)C3=C(O)C(=O)N(c4cc(C)cc(C)c4)C3c3ccc(O)c(Cl)c3)oc12. The smallest absolute Gasteiger partial charge is 0.294 e. The van der Waals surface area contributed by atoms with E-state index in [1.807, 2.05) is 19.9 Å². The number of rotatable bonds is 5. The molecule has 1 aromatic heterocycles. The van der Waals surface area contributed by atoms with Crippen LogP contribution in [0.5, 0.6) is 11.5 Å². The normalized spacial score (nSPS) is 15.7. The highest BCUT2D eigenvalue weighted by Gasteiger charge is 2.45. The van der Waals surface area contributed by atoms with Gasteiger partial charge in [0.1, 0.15) is 5.75 Å². The quantitative estimate of drug-likeness (QED) is 0.314.